The van der Waals surface area contributed by atoms with E-state index in [0.717, 1.165) is 11.3 Å². The second-order valence-corrected chi connectivity index (χ2v) is 3.89. The zero-order chi connectivity index (χ0) is 12.4. The molecule has 0 aliphatic rings. The third-order valence-corrected chi connectivity index (χ3v) is 2.81. The Morgan fingerprint density at radius 3 is 2.88 bits per heavy atom. The molecule has 1 aromatic heterocycles. The molecular weight excluding hydrogens is 242 g/mol. The summed E-state index contributed by atoms with van der Waals surface area (Å²) in [7, 11) is 1.57. The quantitative estimate of drug-likeness (QED) is 0.886. The number of methoxy groups -OCH3 is 1. The molecule has 90 valence electrons. The van der Waals surface area contributed by atoms with Crippen LogP contribution in [0.25, 0.3) is 5.69 Å². The van der Waals surface area contributed by atoms with E-state index in [4.69, 9.17) is 22.1 Å². The van der Waals surface area contributed by atoms with Gasteiger partial charge in [-0.05, 0) is 29.0 Å². The molecule has 0 bridgehead atoms. The van der Waals surface area contributed by atoms with Crippen LogP contribution in [-0.2, 0) is 6.54 Å². The van der Waals surface area contributed by atoms with Crippen LogP contribution in [0.2, 0.25) is 5.02 Å². The number of aryl methyl sites for hydroxylation is 1. The van der Waals surface area contributed by atoms with Crippen LogP contribution >= 0.6 is 11.6 Å². The molecule has 17 heavy (non-hydrogen) atoms. The lowest BCUT2D eigenvalue weighted by molar-refractivity contribution is 0.411. The first-order chi connectivity index (χ1) is 8.17. The Hall–Kier alpha value is -1.66. The lowest BCUT2D eigenvalue weighted by Crippen LogP contribution is -2.09. The van der Waals surface area contributed by atoms with Crippen molar-refractivity contribution in [2.24, 2.45) is 5.73 Å². The van der Waals surface area contributed by atoms with E-state index >= 15 is 0 Å². The zero-order valence-electron chi connectivity index (χ0n) is 9.51. The van der Waals surface area contributed by atoms with E-state index in [1.165, 1.54) is 0 Å². The highest BCUT2D eigenvalue weighted by Crippen LogP contribution is 2.29. The molecule has 2 rings (SSSR count). The largest absolute Gasteiger partial charge is 0.494 e. The lowest BCUT2D eigenvalue weighted by Gasteiger charge is -2.11. The van der Waals surface area contributed by atoms with Crippen molar-refractivity contribution in [3.05, 3.63) is 28.5 Å². The Morgan fingerprint density at radius 1 is 1.47 bits per heavy atom. The lowest BCUT2D eigenvalue weighted by atomic mass is 10.2. The Bertz CT molecular complexity index is 539. The Kier molecular flexibility index (Phi) is 3.26. The number of nitrogens with two attached hydrogens (primary N) is 1. The third-order valence-electron chi connectivity index (χ3n) is 2.40. The van der Waals surface area contributed by atoms with Crippen LogP contribution in [0.5, 0.6) is 5.75 Å². The molecule has 1 aromatic carbocycles. The van der Waals surface area contributed by atoms with E-state index in [1.807, 2.05) is 13.0 Å². The van der Waals surface area contributed by atoms with Crippen molar-refractivity contribution in [2.75, 3.05) is 7.11 Å². The molecule has 0 aliphatic carbocycles. The van der Waals surface area contributed by atoms with Gasteiger partial charge in [0.05, 0.1) is 13.7 Å². The summed E-state index contributed by atoms with van der Waals surface area (Å²) in [5, 5.41) is 11.9. The first kappa shape index (κ1) is 11.8. The molecule has 2 aromatic rings. The summed E-state index contributed by atoms with van der Waals surface area (Å²) in [5.74, 6) is 1.16. The number of nitrogens with zero attached hydrogens (tertiary/aromatic N) is 4. The first-order valence-electron chi connectivity index (χ1n) is 4.99. The number of hydrogen-bond acceptors (Lipinski definition) is 5. The molecule has 0 saturated heterocycles. The minimum absolute atomic E-state index is 0.248. The van der Waals surface area contributed by atoms with E-state index in [1.54, 1.807) is 17.9 Å². The van der Waals surface area contributed by atoms with Crippen LogP contribution in [0, 0.1) is 6.92 Å². The minimum Gasteiger partial charge on any atom is -0.494 e. The highest BCUT2D eigenvalue weighted by Gasteiger charge is 2.13. The number of hydrogen-bond donors (Lipinski definition) is 1. The van der Waals surface area contributed by atoms with E-state index in [9.17, 15) is 0 Å². The predicted octanol–water partition coefficient (Wildman–Crippen LogP) is 1.09. The fourth-order valence-electron chi connectivity index (χ4n) is 1.50. The second-order valence-electron chi connectivity index (χ2n) is 3.48. The van der Waals surface area contributed by atoms with E-state index < -0.39 is 0 Å². The zero-order valence-corrected chi connectivity index (χ0v) is 10.3. The molecule has 0 atom stereocenters. The standard InChI is InChI=1S/C10H12ClN5O/c1-6-3-8(9(17-2)4-7(6)11)16-10(5-12)13-14-15-16/h3-4H,5,12H2,1-2H3. The van der Waals surface area contributed by atoms with Crippen molar-refractivity contribution in [3.8, 4) is 11.4 Å². The number of halogens is 1. The molecule has 7 heteroatoms. The molecule has 0 unspecified atom stereocenters. The van der Waals surface area contributed by atoms with Crippen molar-refractivity contribution in [2.45, 2.75) is 13.5 Å². The smallest absolute Gasteiger partial charge is 0.170 e. The molecule has 0 saturated carbocycles. The van der Waals surface area contributed by atoms with Gasteiger partial charge in [0.1, 0.15) is 11.4 Å². The minimum atomic E-state index is 0.248. The number of tetrazole rings is 1. The fraction of sp³-hybridized carbons (Fsp3) is 0.300. The molecule has 1 heterocycles. The van der Waals surface area contributed by atoms with Crippen LogP contribution in [0.15, 0.2) is 12.1 Å². The predicted molar refractivity (Wildman–Crippen MR) is 63.3 cm³/mol. The van der Waals surface area contributed by atoms with Crippen molar-refractivity contribution >= 4 is 11.6 Å². The monoisotopic (exact) mass is 253 g/mol. The van der Waals surface area contributed by atoms with Gasteiger partial charge >= 0.3 is 0 Å². The van der Waals surface area contributed by atoms with Crippen molar-refractivity contribution in [1.29, 1.82) is 0 Å². The molecule has 6 nitrogen and oxygen atoms in total. The van der Waals surface area contributed by atoms with Gasteiger partial charge < -0.3 is 10.5 Å². The molecule has 2 N–H and O–H groups in total. The van der Waals surface area contributed by atoms with Gasteiger partial charge in [0.15, 0.2) is 5.82 Å². The van der Waals surface area contributed by atoms with Gasteiger partial charge in [-0.25, -0.2) is 0 Å². The SMILES string of the molecule is COc1cc(Cl)c(C)cc1-n1nnnc1CN. The summed E-state index contributed by atoms with van der Waals surface area (Å²) in [4.78, 5) is 0. The van der Waals surface area contributed by atoms with Crippen molar-refractivity contribution in [3.63, 3.8) is 0 Å². The number of rotatable bonds is 3. The summed E-state index contributed by atoms with van der Waals surface area (Å²) in [5.41, 5.74) is 7.20. The molecule has 0 amide bonds. The van der Waals surface area contributed by atoms with Gasteiger partial charge in [0, 0.05) is 11.1 Å². The van der Waals surface area contributed by atoms with Gasteiger partial charge in [-0.2, -0.15) is 4.68 Å². The fourth-order valence-corrected chi connectivity index (χ4v) is 1.65. The molecule has 0 spiro atoms. The summed E-state index contributed by atoms with van der Waals surface area (Å²) in [6, 6.07) is 3.59. The maximum Gasteiger partial charge on any atom is 0.170 e. The number of ether oxygens (including phenoxy) is 1. The van der Waals surface area contributed by atoms with Crippen LogP contribution in [-0.4, -0.2) is 27.3 Å². The molecule has 0 fully saturated rings. The van der Waals surface area contributed by atoms with Gasteiger partial charge in [-0.15, -0.1) is 5.10 Å². The summed E-state index contributed by atoms with van der Waals surface area (Å²) >= 11 is 6.03. The van der Waals surface area contributed by atoms with Crippen LogP contribution < -0.4 is 10.5 Å². The van der Waals surface area contributed by atoms with Gasteiger partial charge in [0.25, 0.3) is 0 Å². The van der Waals surface area contributed by atoms with Crippen molar-refractivity contribution < 1.29 is 4.74 Å². The Labute approximate surface area is 103 Å². The molecule has 0 aliphatic heterocycles. The summed E-state index contributed by atoms with van der Waals surface area (Å²) in [6.45, 7) is 2.15. The topological polar surface area (TPSA) is 78.8 Å². The normalized spacial score (nSPS) is 10.6. The highest BCUT2D eigenvalue weighted by molar-refractivity contribution is 6.31. The maximum absolute atomic E-state index is 6.03. The number of benzene rings is 1. The Balaban J connectivity index is 2.62. The third kappa shape index (κ3) is 2.09. The van der Waals surface area contributed by atoms with Crippen molar-refractivity contribution in [1.82, 2.24) is 20.2 Å². The van der Waals surface area contributed by atoms with Gasteiger partial charge in [0.2, 0.25) is 0 Å². The van der Waals surface area contributed by atoms with Crippen LogP contribution in [0.1, 0.15) is 11.4 Å². The van der Waals surface area contributed by atoms with E-state index in [2.05, 4.69) is 15.5 Å². The number of aromatic nitrogens is 4. The average molecular weight is 254 g/mol. The van der Waals surface area contributed by atoms with E-state index in [0.29, 0.717) is 16.6 Å². The first-order valence-corrected chi connectivity index (χ1v) is 5.37. The van der Waals surface area contributed by atoms with Gasteiger partial charge in [-0.1, -0.05) is 11.6 Å². The molecule has 0 radical (unpaired) electrons. The molecular formula is C10H12ClN5O. The van der Waals surface area contributed by atoms with E-state index in [-0.39, 0.29) is 6.54 Å². The van der Waals surface area contributed by atoms with Crippen LogP contribution in [0.4, 0.5) is 0 Å². The highest BCUT2D eigenvalue weighted by atomic mass is 35.5. The summed E-state index contributed by atoms with van der Waals surface area (Å²) < 4.78 is 6.81. The maximum atomic E-state index is 6.03. The second kappa shape index (κ2) is 4.68. The Morgan fingerprint density at radius 2 is 2.24 bits per heavy atom. The average Bonchev–Trinajstić information content (AvgIpc) is 2.80. The summed E-state index contributed by atoms with van der Waals surface area (Å²) in [6.07, 6.45) is 0. The van der Waals surface area contributed by atoms with Gasteiger partial charge in [-0.3, -0.25) is 0 Å². The van der Waals surface area contributed by atoms with Crippen LogP contribution in [0.3, 0.4) is 0 Å².